The van der Waals surface area contributed by atoms with Crippen molar-refractivity contribution in [2.75, 3.05) is 20.8 Å². The maximum absolute atomic E-state index is 12.8. The standard InChI is InChI=1S/C21H32N2O7/c1-7-8-9-10-12(2)22-15(24)11-30-21(27)18-16(19(25)28-5)13(3)23-14(4)17(18)20(26)29-6/h12,16,18H,7-11H2,1-6H3,(H,22,24)/t12-,16?,18+/m0/s1. The van der Waals surface area contributed by atoms with Crippen molar-refractivity contribution in [2.45, 2.75) is 59.4 Å². The minimum atomic E-state index is -1.31. The van der Waals surface area contributed by atoms with Gasteiger partial charge in [-0.15, -0.1) is 0 Å². The molecule has 1 amide bonds. The van der Waals surface area contributed by atoms with Crippen molar-refractivity contribution in [1.82, 2.24) is 5.32 Å². The first-order valence-electron chi connectivity index (χ1n) is 10.1. The summed E-state index contributed by atoms with van der Waals surface area (Å²) in [5.74, 6) is -5.33. The Labute approximate surface area is 177 Å². The number of allylic oxidation sites excluding steroid dienone is 1. The van der Waals surface area contributed by atoms with Crippen molar-refractivity contribution in [3.63, 3.8) is 0 Å². The van der Waals surface area contributed by atoms with E-state index in [9.17, 15) is 19.2 Å². The third-order valence-corrected chi connectivity index (χ3v) is 4.94. The summed E-state index contributed by atoms with van der Waals surface area (Å²) in [6.45, 7) is 6.55. The quantitative estimate of drug-likeness (QED) is 0.323. The minimum Gasteiger partial charge on any atom is -0.468 e. The predicted molar refractivity (Wildman–Crippen MR) is 110 cm³/mol. The van der Waals surface area contributed by atoms with Gasteiger partial charge in [0.1, 0.15) is 11.8 Å². The van der Waals surface area contributed by atoms with Gasteiger partial charge in [0.2, 0.25) is 0 Å². The van der Waals surface area contributed by atoms with E-state index in [1.807, 2.05) is 6.92 Å². The number of ether oxygens (including phenoxy) is 3. The van der Waals surface area contributed by atoms with Gasteiger partial charge < -0.3 is 19.5 Å². The van der Waals surface area contributed by atoms with E-state index in [0.29, 0.717) is 5.71 Å². The first-order valence-corrected chi connectivity index (χ1v) is 10.1. The molecule has 9 nitrogen and oxygen atoms in total. The molecule has 0 radical (unpaired) electrons. The molecule has 0 spiro atoms. The summed E-state index contributed by atoms with van der Waals surface area (Å²) in [6.07, 6.45) is 3.98. The molecule has 0 fully saturated rings. The van der Waals surface area contributed by atoms with Crippen LogP contribution in [0.25, 0.3) is 0 Å². The third kappa shape index (κ3) is 6.67. The molecule has 0 bridgehead atoms. The SMILES string of the molecule is CCCCC[C@H](C)NC(=O)COC(=O)[C@H]1C(C(=O)OC)=C(C)N=C(C)C1C(=O)OC. The fourth-order valence-corrected chi connectivity index (χ4v) is 3.42. The molecule has 1 aliphatic rings. The van der Waals surface area contributed by atoms with Crippen molar-refractivity contribution < 1.29 is 33.4 Å². The lowest BCUT2D eigenvalue weighted by Gasteiger charge is -2.29. The van der Waals surface area contributed by atoms with Crippen LogP contribution in [0.1, 0.15) is 53.4 Å². The number of nitrogens with zero attached hydrogens (tertiary/aromatic N) is 1. The molecule has 1 aliphatic heterocycles. The van der Waals surface area contributed by atoms with Crippen LogP contribution in [-0.4, -0.2) is 56.4 Å². The fraction of sp³-hybridized carbons (Fsp3) is 0.667. The third-order valence-electron chi connectivity index (χ3n) is 4.94. The molecule has 1 N–H and O–H groups in total. The Kier molecular flexibility index (Phi) is 10.2. The average molecular weight is 424 g/mol. The summed E-state index contributed by atoms with van der Waals surface area (Å²) in [5.41, 5.74) is 0.468. The van der Waals surface area contributed by atoms with E-state index in [0.717, 1.165) is 32.8 Å². The highest BCUT2D eigenvalue weighted by Crippen LogP contribution is 2.33. The highest BCUT2D eigenvalue weighted by atomic mass is 16.5. The van der Waals surface area contributed by atoms with Crippen LogP contribution in [0, 0.1) is 11.8 Å². The summed E-state index contributed by atoms with van der Waals surface area (Å²) in [4.78, 5) is 53.8. The number of rotatable bonds is 10. The van der Waals surface area contributed by atoms with E-state index in [1.54, 1.807) is 6.92 Å². The van der Waals surface area contributed by atoms with Crippen molar-refractivity contribution in [3.8, 4) is 0 Å². The molecule has 0 aromatic carbocycles. The topological polar surface area (TPSA) is 120 Å². The number of nitrogens with one attached hydrogen (secondary N) is 1. The Hall–Kier alpha value is -2.71. The van der Waals surface area contributed by atoms with Crippen LogP contribution in [0.5, 0.6) is 0 Å². The van der Waals surface area contributed by atoms with Gasteiger partial charge in [0.25, 0.3) is 5.91 Å². The van der Waals surface area contributed by atoms with Crippen molar-refractivity contribution >= 4 is 29.5 Å². The molecule has 1 unspecified atom stereocenters. The second-order valence-corrected chi connectivity index (χ2v) is 7.29. The summed E-state index contributed by atoms with van der Waals surface area (Å²) in [5, 5.41) is 2.77. The lowest BCUT2D eigenvalue weighted by atomic mass is 9.80. The Morgan fingerprint density at radius 2 is 1.70 bits per heavy atom. The molecular formula is C21H32N2O7. The zero-order valence-electron chi connectivity index (χ0n) is 18.6. The summed E-state index contributed by atoms with van der Waals surface area (Å²) >= 11 is 0. The van der Waals surface area contributed by atoms with E-state index >= 15 is 0 Å². The Bertz CT molecular complexity index is 727. The zero-order chi connectivity index (χ0) is 22.8. The number of methoxy groups -OCH3 is 2. The van der Waals surface area contributed by atoms with Crippen LogP contribution in [-0.2, 0) is 33.4 Å². The fourth-order valence-electron chi connectivity index (χ4n) is 3.42. The monoisotopic (exact) mass is 424 g/mol. The van der Waals surface area contributed by atoms with E-state index in [2.05, 4.69) is 17.2 Å². The molecule has 0 saturated heterocycles. The van der Waals surface area contributed by atoms with Crippen LogP contribution in [0.15, 0.2) is 16.3 Å². The van der Waals surface area contributed by atoms with Gasteiger partial charge in [-0.2, -0.15) is 0 Å². The molecule has 9 heteroatoms. The number of unbranched alkanes of at least 4 members (excludes halogenated alkanes) is 2. The summed E-state index contributed by atoms with van der Waals surface area (Å²) in [6, 6.07) is -0.0533. The first-order chi connectivity index (χ1) is 14.2. The number of hydrogen-bond donors (Lipinski definition) is 1. The largest absolute Gasteiger partial charge is 0.468 e. The molecule has 1 heterocycles. The van der Waals surface area contributed by atoms with Crippen LogP contribution < -0.4 is 5.32 Å². The number of amides is 1. The van der Waals surface area contributed by atoms with E-state index < -0.39 is 42.3 Å². The van der Waals surface area contributed by atoms with Gasteiger partial charge in [0, 0.05) is 17.5 Å². The zero-order valence-corrected chi connectivity index (χ0v) is 18.6. The molecule has 30 heavy (non-hydrogen) atoms. The number of carbonyl (C=O) groups excluding carboxylic acids is 4. The smallest absolute Gasteiger partial charge is 0.336 e. The molecule has 0 aromatic heterocycles. The van der Waals surface area contributed by atoms with Crippen LogP contribution in [0.3, 0.4) is 0 Å². The van der Waals surface area contributed by atoms with E-state index in [4.69, 9.17) is 14.2 Å². The first kappa shape index (κ1) is 25.3. The Balaban J connectivity index is 2.93. The van der Waals surface area contributed by atoms with E-state index in [1.165, 1.54) is 14.0 Å². The number of aliphatic imine (C=N–C) groups is 1. The molecular weight excluding hydrogens is 392 g/mol. The maximum atomic E-state index is 12.8. The van der Waals surface area contributed by atoms with Gasteiger partial charge in [0.15, 0.2) is 6.61 Å². The average Bonchev–Trinajstić information content (AvgIpc) is 2.70. The molecule has 0 aromatic rings. The van der Waals surface area contributed by atoms with Crippen LogP contribution in [0.4, 0.5) is 0 Å². The second-order valence-electron chi connectivity index (χ2n) is 7.29. The van der Waals surface area contributed by atoms with Gasteiger partial charge in [0.05, 0.1) is 19.8 Å². The Morgan fingerprint density at radius 1 is 1.03 bits per heavy atom. The Morgan fingerprint density at radius 3 is 2.27 bits per heavy atom. The van der Waals surface area contributed by atoms with Crippen LogP contribution in [0.2, 0.25) is 0 Å². The van der Waals surface area contributed by atoms with Gasteiger partial charge in [-0.3, -0.25) is 19.4 Å². The normalized spacial score (nSPS) is 19.5. The highest BCUT2D eigenvalue weighted by Gasteiger charge is 2.46. The predicted octanol–water partition coefficient (Wildman–Crippen LogP) is 1.94. The maximum Gasteiger partial charge on any atom is 0.336 e. The van der Waals surface area contributed by atoms with Crippen LogP contribution >= 0.6 is 0 Å². The van der Waals surface area contributed by atoms with Crippen molar-refractivity contribution in [3.05, 3.63) is 11.3 Å². The van der Waals surface area contributed by atoms with Gasteiger partial charge >= 0.3 is 17.9 Å². The van der Waals surface area contributed by atoms with Crippen molar-refractivity contribution in [2.24, 2.45) is 16.8 Å². The molecule has 0 aliphatic carbocycles. The summed E-state index contributed by atoms with van der Waals surface area (Å²) in [7, 11) is 2.34. The van der Waals surface area contributed by atoms with Gasteiger partial charge in [-0.25, -0.2) is 4.79 Å². The lowest BCUT2D eigenvalue weighted by Crippen LogP contribution is -2.43. The number of esters is 3. The summed E-state index contributed by atoms with van der Waals surface area (Å²) < 4.78 is 14.7. The van der Waals surface area contributed by atoms with Gasteiger partial charge in [-0.1, -0.05) is 26.2 Å². The number of hydrogen-bond acceptors (Lipinski definition) is 8. The second kappa shape index (κ2) is 12.1. The number of carbonyl (C=O) groups is 4. The van der Waals surface area contributed by atoms with E-state index in [-0.39, 0.29) is 17.3 Å². The highest BCUT2D eigenvalue weighted by molar-refractivity contribution is 6.10. The van der Waals surface area contributed by atoms with Gasteiger partial charge in [-0.05, 0) is 27.2 Å². The van der Waals surface area contributed by atoms with Crippen molar-refractivity contribution in [1.29, 1.82) is 0 Å². The lowest BCUT2D eigenvalue weighted by molar-refractivity contribution is -0.158. The molecule has 168 valence electrons. The molecule has 1 rings (SSSR count). The molecule has 3 atom stereocenters. The molecule has 0 saturated carbocycles. The minimum absolute atomic E-state index is 0.0533.